The molecule has 140 valence electrons. The number of nitrogens with zero attached hydrogens (tertiary/aromatic N) is 3. The number of hydrogen-bond donors (Lipinski definition) is 1. The third-order valence-electron chi connectivity index (χ3n) is 4.50. The topological polar surface area (TPSA) is 84.3 Å². The summed E-state index contributed by atoms with van der Waals surface area (Å²) in [7, 11) is -2.39. The molecular weight excluding hydrogens is 376 g/mol. The third kappa shape index (κ3) is 4.08. The van der Waals surface area contributed by atoms with Crippen LogP contribution in [0.3, 0.4) is 0 Å². The Morgan fingerprint density at radius 3 is 2.58 bits per heavy atom. The SMILES string of the molecule is CN(CC(=O)Nc1ccnn1C1CCCC1)S(=O)(=O)c1ccc(Cl)cc1. The Balaban J connectivity index is 1.66. The number of carbonyl (C=O) groups excluding carboxylic acids is 1. The van der Waals surface area contributed by atoms with Crippen molar-refractivity contribution in [1.82, 2.24) is 14.1 Å². The average Bonchev–Trinajstić information content (AvgIpc) is 3.26. The lowest BCUT2D eigenvalue weighted by Crippen LogP contribution is -2.35. The van der Waals surface area contributed by atoms with Crippen molar-refractivity contribution < 1.29 is 13.2 Å². The van der Waals surface area contributed by atoms with Gasteiger partial charge in [-0.15, -0.1) is 0 Å². The molecule has 7 nitrogen and oxygen atoms in total. The summed E-state index contributed by atoms with van der Waals surface area (Å²) < 4.78 is 27.9. The Labute approximate surface area is 158 Å². The lowest BCUT2D eigenvalue weighted by molar-refractivity contribution is -0.116. The van der Waals surface area contributed by atoms with Gasteiger partial charge in [0.2, 0.25) is 15.9 Å². The number of likely N-dealkylation sites (N-methyl/N-ethyl adjacent to an activating group) is 1. The lowest BCUT2D eigenvalue weighted by Gasteiger charge is -2.18. The van der Waals surface area contributed by atoms with Crippen LogP contribution >= 0.6 is 11.6 Å². The van der Waals surface area contributed by atoms with Crippen LogP contribution in [0.5, 0.6) is 0 Å². The molecule has 1 aromatic carbocycles. The summed E-state index contributed by atoms with van der Waals surface area (Å²) in [6.45, 7) is -0.291. The van der Waals surface area contributed by atoms with Crippen molar-refractivity contribution in [3.05, 3.63) is 41.6 Å². The molecule has 1 aromatic heterocycles. The second kappa shape index (κ2) is 7.77. The zero-order valence-electron chi connectivity index (χ0n) is 14.4. The number of sulfonamides is 1. The van der Waals surface area contributed by atoms with E-state index in [1.54, 1.807) is 12.3 Å². The molecular formula is C17H21ClN4O3S. The summed E-state index contributed by atoms with van der Waals surface area (Å²) in [5.41, 5.74) is 0. The fourth-order valence-corrected chi connectivity index (χ4v) is 4.36. The maximum Gasteiger partial charge on any atom is 0.243 e. The highest BCUT2D eigenvalue weighted by molar-refractivity contribution is 7.89. The van der Waals surface area contributed by atoms with Gasteiger partial charge in [-0.05, 0) is 37.1 Å². The van der Waals surface area contributed by atoms with E-state index in [1.165, 1.54) is 31.3 Å². The van der Waals surface area contributed by atoms with Crippen LogP contribution in [-0.2, 0) is 14.8 Å². The van der Waals surface area contributed by atoms with Gasteiger partial charge >= 0.3 is 0 Å². The standard InChI is InChI=1S/C17H21ClN4O3S/c1-21(26(24,25)15-8-6-13(18)7-9-15)12-17(23)20-16-10-11-19-22(16)14-4-2-3-5-14/h6-11,14H,2-5,12H2,1H3,(H,20,23). The molecule has 0 saturated heterocycles. The lowest BCUT2D eigenvalue weighted by atomic mass is 10.2. The fraction of sp³-hybridized carbons (Fsp3) is 0.412. The highest BCUT2D eigenvalue weighted by Crippen LogP contribution is 2.31. The van der Waals surface area contributed by atoms with Crippen molar-refractivity contribution in [2.24, 2.45) is 0 Å². The Bertz CT molecular complexity index is 874. The first-order valence-electron chi connectivity index (χ1n) is 8.43. The summed E-state index contributed by atoms with van der Waals surface area (Å²) in [6, 6.07) is 7.85. The van der Waals surface area contributed by atoms with Crippen LogP contribution in [0.15, 0.2) is 41.4 Å². The second-order valence-electron chi connectivity index (χ2n) is 6.36. The zero-order valence-corrected chi connectivity index (χ0v) is 16.0. The van der Waals surface area contributed by atoms with Crippen LogP contribution in [0.25, 0.3) is 0 Å². The van der Waals surface area contributed by atoms with Crippen molar-refractivity contribution in [3.8, 4) is 0 Å². The van der Waals surface area contributed by atoms with E-state index >= 15 is 0 Å². The first-order valence-corrected chi connectivity index (χ1v) is 10.2. The van der Waals surface area contributed by atoms with Gasteiger partial charge in [0, 0.05) is 18.1 Å². The van der Waals surface area contributed by atoms with Gasteiger partial charge in [-0.3, -0.25) is 4.79 Å². The molecule has 1 amide bonds. The number of aromatic nitrogens is 2. The van der Waals surface area contributed by atoms with Gasteiger partial charge in [-0.1, -0.05) is 24.4 Å². The highest BCUT2D eigenvalue weighted by Gasteiger charge is 2.24. The van der Waals surface area contributed by atoms with Gasteiger partial charge in [0.25, 0.3) is 0 Å². The molecule has 0 atom stereocenters. The Kier molecular flexibility index (Phi) is 5.64. The van der Waals surface area contributed by atoms with Crippen molar-refractivity contribution >= 4 is 33.3 Å². The quantitative estimate of drug-likeness (QED) is 0.813. The van der Waals surface area contributed by atoms with Gasteiger partial charge < -0.3 is 5.32 Å². The minimum atomic E-state index is -3.76. The van der Waals surface area contributed by atoms with Gasteiger partial charge in [-0.25, -0.2) is 13.1 Å². The molecule has 0 bridgehead atoms. The largest absolute Gasteiger partial charge is 0.310 e. The monoisotopic (exact) mass is 396 g/mol. The number of carbonyl (C=O) groups is 1. The summed E-state index contributed by atoms with van der Waals surface area (Å²) in [4.78, 5) is 12.4. The minimum Gasteiger partial charge on any atom is -0.310 e. The van der Waals surface area contributed by atoms with Gasteiger partial charge in [0.1, 0.15) is 5.82 Å². The van der Waals surface area contributed by atoms with Gasteiger partial charge in [0.15, 0.2) is 0 Å². The molecule has 0 radical (unpaired) electrons. The Morgan fingerprint density at radius 1 is 1.27 bits per heavy atom. The molecule has 1 fully saturated rings. The molecule has 1 saturated carbocycles. The molecule has 2 aromatic rings. The smallest absolute Gasteiger partial charge is 0.243 e. The van der Waals surface area contributed by atoms with Crippen molar-refractivity contribution in [2.75, 3.05) is 18.9 Å². The molecule has 1 heterocycles. The normalized spacial score (nSPS) is 15.5. The summed E-state index contributed by atoms with van der Waals surface area (Å²) in [5, 5.41) is 7.51. The molecule has 9 heteroatoms. The molecule has 0 aliphatic heterocycles. The predicted octanol–water partition coefficient (Wildman–Crippen LogP) is 2.91. The maximum atomic E-state index is 12.5. The Morgan fingerprint density at radius 2 is 1.92 bits per heavy atom. The summed E-state index contributed by atoms with van der Waals surface area (Å²) >= 11 is 5.79. The van der Waals surface area contributed by atoms with Gasteiger partial charge in [0.05, 0.1) is 23.7 Å². The third-order valence-corrected chi connectivity index (χ3v) is 6.57. The van der Waals surface area contributed by atoms with E-state index in [-0.39, 0.29) is 17.5 Å². The number of benzene rings is 1. The average molecular weight is 397 g/mol. The van der Waals surface area contributed by atoms with Crippen LogP contribution in [0, 0.1) is 0 Å². The van der Waals surface area contributed by atoms with E-state index in [0.717, 1.165) is 30.0 Å². The fourth-order valence-electron chi connectivity index (χ4n) is 3.11. The molecule has 0 unspecified atom stereocenters. The second-order valence-corrected chi connectivity index (χ2v) is 8.84. The first kappa shape index (κ1) is 18.9. The number of nitrogens with one attached hydrogen (secondary N) is 1. The van der Waals surface area contributed by atoms with Crippen LogP contribution < -0.4 is 5.32 Å². The summed E-state index contributed by atoms with van der Waals surface area (Å²) in [6.07, 6.45) is 6.02. The van der Waals surface area contributed by atoms with Crippen LogP contribution in [0.2, 0.25) is 5.02 Å². The Hall–Kier alpha value is -1.90. The number of hydrogen-bond acceptors (Lipinski definition) is 4. The van der Waals surface area contributed by atoms with Crippen molar-refractivity contribution in [3.63, 3.8) is 0 Å². The van der Waals surface area contributed by atoms with E-state index in [2.05, 4.69) is 10.4 Å². The molecule has 3 rings (SSSR count). The van der Waals surface area contributed by atoms with E-state index in [4.69, 9.17) is 11.6 Å². The van der Waals surface area contributed by atoms with Crippen LogP contribution in [0.4, 0.5) is 5.82 Å². The van der Waals surface area contributed by atoms with Crippen molar-refractivity contribution in [1.29, 1.82) is 0 Å². The predicted molar refractivity (Wildman–Crippen MR) is 99.6 cm³/mol. The van der Waals surface area contributed by atoms with Gasteiger partial charge in [-0.2, -0.15) is 9.40 Å². The molecule has 1 N–H and O–H groups in total. The number of halogens is 1. The van der Waals surface area contributed by atoms with Crippen molar-refractivity contribution in [2.45, 2.75) is 36.6 Å². The number of anilines is 1. The van der Waals surface area contributed by atoms with E-state index < -0.39 is 15.9 Å². The maximum absolute atomic E-state index is 12.5. The number of amides is 1. The van der Waals surface area contributed by atoms with Crippen LogP contribution in [0.1, 0.15) is 31.7 Å². The number of rotatable bonds is 6. The molecule has 1 aliphatic carbocycles. The van der Waals surface area contributed by atoms with Crippen LogP contribution in [-0.4, -0.2) is 42.0 Å². The molecule has 1 aliphatic rings. The highest BCUT2D eigenvalue weighted by atomic mass is 35.5. The van der Waals surface area contributed by atoms with E-state index in [9.17, 15) is 13.2 Å². The summed E-state index contributed by atoms with van der Waals surface area (Å²) in [5.74, 6) is 0.184. The van der Waals surface area contributed by atoms with E-state index in [0.29, 0.717) is 10.8 Å². The minimum absolute atomic E-state index is 0.0909. The molecule has 26 heavy (non-hydrogen) atoms. The zero-order chi connectivity index (χ0) is 18.7. The van der Waals surface area contributed by atoms with E-state index in [1.807, 2.05) is 4.68 Å². The first-order chi connectivity index (χ1) is 12.4. The molecule has 0 spiro atoms.